The molecule has 2 unspecified atom stereocenters. The highest BCUT2D eigenvalue weighted by Crippen LogP contribution is 2.21. The van der Waals surface area contributed by atoms with Crippen LogP contribution in [0.3, 0.4) is 0 Å². The minimum atomic E-state index is 0.366. The maximum atomic E-state index is 5.96. The molecule has 18 heavy (non-hydrogen) atoms. The summed E-state index contributed by atoms with van der Waals surface area (Å²) in [6.45, 7) is 4.69. The van der Waals surface area contributed by atoms with Crippen molar-refractivity contribution in [3.05, 3.63) is 30.1 Å². The predicted octanol–water partition coefficient (Wildman–Crippen LogP) is 1.46. The van der Waals surface area contributed by atoms with E-state index in [1.165, 1.54) is 6.42 Å². The van der Waals surface area contributed by atoms with Crippen LogP contribution in [0.2, 0.25) is 0 Å². The van der Waals surface area contributed by atoms with Gasteiger partial charge in [0, 0.05) is 38.1 Å². The zero-order valence-corrected chi connectivity index (χ0v) is 10.6. The van der Waals surface area contributed by atoms with Gasteiger partial charge in [-0.1, -0.05) is 6.07 Å². The zero-order chi connectivity index (χ0) is 12.2. The monoisotopic (exact) mass is 248 g/mol. The lowest BCUT2D eigenvalue weighted by molar-refractivity contribution is 0.0422. The number of nitrogens with zero attached hydrogens (tertiary/aromatic N) is 2. The Hall–Kier alpha value is -0.970. The molecule has 0 radical (unpaired) electrons. The van der Waals surface area contributed by atoms with Crippen molar-refractivity contribution >= 4 is 0 Å². The molecule has 4 nitrogen and oxygen atoms in total. The van der Waals surface area contributed by atoms with Crippen molar-refractivity contribution in [3.8, 4) is 0 Å². The van der Waals surface area contributed by atoms with Gasteiger partial charge in [0.25, 0.3) is 0 Å². The molecule has 0 bridgehead atoms. The van der Waals surface area contributed by atoms with Crippen LogP contribution in [0.1, 0.15) is 18.4 Å². The van der Waals surface area contributed by atoms with E-state index in [1.54, 1.807) is 6.20 Å². The van der Waals surface area contributed by atoms with Crippen molar-refractivity contribution in [2.24, 2.45) is 0 Å². The first-order valence-corrected chi connectivity index (χ1v) is 6.74. The minimum absolute atomic E-state index is 0.366. The summed E-state index contributed by atoms with van der Waals surface area (Å²) in [5.41, 5.74) is 1.15. The van der Waals surface area contributed by atoms with Gasteiger partial charge in [0.05, 0.1) is 19.3 Å². The quantitative estimate of drug-likeness (QED) is 0.808. The smallest absolute Gasteiger partial charge is 0.0736 e. The third-order valence-corrected chi connectivity index (χ3v) is 3.81. The molecule has 2 atom stereocenters. The Bertz CT molecular complexity index is 365. The molecule has 3 heterocycles. The summed E-state index contributed by atoms with van der Waals surface area (Å²) in [4.78, 5) is 6.62. The number of pyridine rings is 1. The first kappa shape index (κ1) is 12.1. The SMILES string of the molecule is c1cncc(COC2CCN(C3CCOC3)C2)c1. The minimum Gasteiger partial charge on any atom is -0.380 e. The Kier molecular flexibility index (Phi) is 3.88. The van der Waals surface area contributed by atoms with Crippen LogP contribution in [0.4, 0.5) is 0 Å². The molecule has 0 saturated carbocycles. The van der Waals surface area contributed by atoms with Crippen molar-refractivity contribution < 1.29 is 9.47 Å². The molecule has 2 fully saturated rings. The molecular formula is C14H20N2O2. The zero-order valence-electron chi connectivity index (χ0n) is 10.6. The summed E-state index contributed by atoms with van der Waals surface area (Å²) in [5, 5.41) is 0. The van der Waals surface area contributed by atoms with Crippen LogP contribution in [0, 0.1) is 0 Å². The molecule has 0 aromatic carbocycles. The standard InChI is InChI=1S/C14H20N2O2/c1-2-12(8-15-5-1)10-18-14-3-6-16(9-14)13-4-7-17-11-13/h1-2,5,8,13-14H,3-4,6-7,9-11H2. The van der Waals surface area contributed by atoms with Gasteiger partial charge in [-0.05, 0) is 24.5 Å². The second-order valence-electron chi connectivity index (χ2n) is 5.10. The van der Waals surface area contributed by atoms with E-state index in [1.807, 2.05) is 12.3 Å². The van der Waals surface area contributed by atoms with Crippen molar-refractivity contribution in [2.45, 2.75) is 31.6 Å². The molecule has 2 aliphatic rings. The third kappa shape index (κ3) is 2.88. The van der Waals surface area contributed by atoms with Gasteiger partial charge < -0.3 is 9.47 Å². The highest BCUT2D eigenvalue weighted by atomic mass is 16.5. The van der Waals surface area contributed by atoms with Gasteiger partial charge >= 0.3 is 0 Å². The van der Waals surface area contributed by atoms with Crippen LogP contribution in [0.25, 0.3) is 0 Å². The summed E-state index contributed by atoms with van der Waals surface area (Å²) in [6.07, 6.45) is 6.34. The second-order valence-corrected chi connectivity index (χ2v) is 5.10. The lowest BCUT2D eigenvalue weighted by atomic mass is 10.2. The maximum Gasteiger partial charge on any atom is 0.0736 e. The van der Waals surface area contributed by atoms with Crippen LogP contribution >= 0.6 is 0 Å². The fourth-order valence-corrected chi connectivity index (χ4v) is 2.73. The summed E-state index contributed by atoms with van der Waals surface area (Å²) in [7, 11) is 0. The topological polar surface area (TPSA) is 34.6 Å². The van der Waals surface area contributed by atoms with Gasteiger partial charge in [-0.2, -0.15) is 0 Å². The lowest BCUT2D eigenvalue weighted by Crippen LogP contribution is -2.34. The number of hydrogen-bond acceptors (Lipinski definition) is 4. The van der Waals surface area contributed by atoms with Crippen molar-refractivity contribution in [1.29, 1.82) is 0 Å². The van der Waals surface area contributed by atoms with Gasteiger partial charge in [0.2, 0.25) is 0 Å². The average molecular weight is 248 g/mol. The molecule has 1 aromatic heterocycles. The normalized spacial score (nSPS) is 28.9. The Morgan fingerprint density at radius 2 is 2.44 bits per heavy atom. The molecule has 0 amide bonds. The van der Waals surface area contributed by atoms with E-state index in [0.717, 1.165) is 38.3 Å². The van der Waals surface area contributed by atoms with E-state index < -0.39 is 0 Å². The fourth-order valence-electron chi connectivity index (χ4n) is 2.73. The van der Waals surface area contributed by atoms with E-state index in [4.69, 9.17) is 9.47 Å². The van der Waals surface area contributed by atoms with Gasteiger partial charge in [0.1, 0.15) is 0 Å². The van der Waals surface area contributed by atoms with Gasteiger partial charge in [-0.25, -0.2) is 0 Å². The second kappa shape index (κ2) is 5.78. The van der Waals surface area contributed by atoms with Gasteiger partial charge in [-0.15, -0.1) is 0 Å². The molecule has 0 N–H and O–H groups in total. The van der Waals surface area contributed by atoms with Gasteiger partial charge in [-0.3, -0.25) is 9.88 Å². The largest absolute Gasteiger partial charge is 0.380 e. The molecule has 3 rings (SSSR count). The number of hydrogen-bond donors (Lipinski definition) is 0. The van der Waals surface area contributed by atoms with Crippen molar-refractivity contribution in [2.75, 3.05) is 26.3 Å². The lowest BCUT2D eigenvalue weighted by Gasteiger charge is -2.22. The summed E-state index contributed by atoms with van der Waals surface area (Å²) in [6, 6.07) is 4.64. The van der Waals surface area contributed by atoms with Crippen molar-refractivity contribution in [1.82, 2.24) is 9.88 Å². The number of rotatable bonds is 4. The van der Waals surface area contributed by atoms with E-state index in [0.29, 0.717) is 18.8 Å². The Morgan fingerprint density at radius 3 is 3.22 bits per heavy atom. The van der Waals surface area contributed by atoms with Gasteiger partial charge in [0.15, 0.2) is 0 Å². The molecule has 4 heteroatoms. The van der Waals surface area contributed by atoms with Crippen LogP contribution < -0.4 is 0 Å². The first-order valence-electron chi connectivity index (χ1n) is 6.74. The highest BCUT2D eigenvalue weighted by Gasteiger charge is 2.30. The van der Waals surface area contributed by atoms with E-state index in [2.05, 4.69) is 16.0 Å². The van der Waals surface area contributed by atoms with Crippen LogP contribution in [0.15, 0.2) is 24.5 Å². The van der Waals surface area contributed by atoms with Crippen LogP contribution in [-0.4, -0.2) is 48.3 Å². The van der Waals surface area contributed by atoms with E-state index in [9.17, 15) is 0 Å². The van der Waals surface area contributed by atoms with Crippen LogP contribution in [-0.2, 0) is 16.1 Å². The summed E-state index contributed by atoms with van der Waals surface area (Å²) >= 11 is 0. The maximum absolute atomic E-state index is 5.96. The van der Waals surface area contributed by atoms with Crippen LogP contribution in [0.5, 0.6) is 0 Å². The first-order chi connectivity index (χ1) is 8.92. The highest BCUT2D eigenvalue weighted by molar-refractivity contribution is 5.06. The average Bonchev–Trinajstić information content (AvgIpc) is 3.08. The molecular weight excluding hydrogens is 228 g/mol. The summed E-state index contributed by atoms with van der Waals surface area (Å²) in [5.74, 6) is 0. The molecule has 2 aliphatic heterocycles. The Balaban J connectivity index is 1.45. The Labute approximate surface area is 108 Å². The molecule has 2 saturated heterocycles. The van der Waals surface area contributed by atoms with Crippen molar-refractivity contribution in [3.63, 3.8) is 0 Å². The van der Waals surface area contributed by atoms with E-state index in [-0.39, 0.29) is 0 Å². The predicted molar refractivity (Wildman–Crippen MR) is 68.2 cm³/mol. The Morgan fingerprint density at radius 1 is 1.44 bits per heavy atom. The number of aromatic nitrogens is 1. The fraction of sp³-hybridized carbons (Fsp3) is 0.643. The molecule has 98 valence electrons. The van der Waals surface area contributed by atoms with E-state index >= 15 is 0 Å². The molecule has 0 spiro atoms. The summed E-state index contributed by atoms with van der Waals surface area (Å²) < 4.78 is 11.4. The number of ether oxygens (including phenoxy) is 2. The molecule has 1 aromatic rings. The third-order valence-electron chi connectivity index (χ3n) is 3.81. The number of likely N-dealkylation sites (tertiary alicyclic amines) is 1. The molecule has 0 aliphatic carbocycles.